The van der Waals surface area contributed by atoms with Crippen LogP contribution >= 0.6 is 27.5 Å². The van der Waals surface area contributed by atoms with Crippen LogP contribution in [0.1, 0.15) is 20.8 Å². The van der Waals surface area contributed by atoms with Gasteiger partial charge in [0, 0.05) is 11.9 Å². The zero-order valence-electron chi connectivity index (χ0n) is 13.2. The van der Waals surface area contributed by atoms with Gasteiger partial charge in [0.2, 0.25) is 5.28 Å². The molecule has 0 atom stereocenters. The van der Waals surface area contributed by atoms with Crippen molar-refractivity contribution in [3.63, 3.8) is 0 Å². The lowest BCUT2D eigenvalue weighted by atomic mass is 10.2. The van der Waals surface area contributed by atoms with Crippen molar-refractivity contribution in [2.75, 3.05) is 10.6 Å². The smallest absolute Gasteiger partial charge is 0.412 e. The lowest BCUT2D eigenvalue weighted by Gasteiger charge is -2.20. The monoisotopic (exact) mass is 416 g/mol. The first-order chi connectivity index (χ1) is 11.1. The summed E-state index contributed by atoms with van der Waals surface area (Å²) in [7, 11) is 0. The Morgan fingerprint density at radius 2 is 2.08 bits per heavy atom. The standard InChI is InChI=1S/C15H15BrClFN4O2/c1-15(2,3)24-14(23)21-11-6-8(4-5-10(11)18)20-12-9(16)7-19-13(17)22-12/h4-7H,1-3H3,(H,21,23)(H,19,20,22). The second-order valence-corrected chi connectivity index (χ2v) is 6.97. The van der Waals surface area contributed by atoms with Gasteiger partial charge in [-0.3, -0.25) is 5.32 Å². The van der Waals surface area contributed by atoms with Crippen molar-refractivity contribution in [3.8, 4) is 0 Å². The Balaban J connectivity index is 2.19. The number of halogens is 3. The van der Waals surface area contributed by atoms with Gasteiger partial charge in [0.05, 0.1) is 10.2 Å². The molecule has 0 aliphatic heterocycles. The van der Waals surface area contributed by atoms with Crippen molar-refractivity contribution in [1.82, 2.24) is 9.97 Å². The summed E-state index contributed by atoms with van der Waals surface area (Å²) in [5, 5.41) is 5.40. The Labute approximate surface area is 151 Å². The lowest BCUT2D eigenvalue weighted by Crippen LogP contribution is -2.27. The van der Waals surface area contributed by atoms with E-state index in [9.17, 15) is 9.18 Å². The number of anilines is 3. The summed E-state index contributed by atoms with van der Waals surface area (Å²) in [6.07, 6.45) is 0.742. The fraction of sp³-hybridized carbons (Fsp3) is 0.267. The number of carbonyl (C=O) groups is 1. The predicted octanol–water partition coefficient (Wildman–Crippen LogP) is 5.12. The van der Waals surface area contributed by atoms with Crippen LogP contribution in [0.3, 0.4) is 0 Å². The maximum atomic E-state index is 13.9. The molecule has 0 saturated heterocycles. The molecule has 0 radical (unpaired) electrons. The van der Waals surface area contributed by atoms with Crippen LogP contribution < -0.4 is 10.6 Å². The van der Waals surface area contributed by atoms with Crippen LogP contribution in [0, 0.1) is 5.82 Å². The largest absolute Gasteiger partial charge is 0.444 e. The van der Waals surface area contributed by atoms with Crippen molar-refractivity contribution in [1.29, 1.82) is 0 Å². The number of nitrogens with one attached hydrogen (secondary N) is 2. The highest BCUT2D eigenvalue weighted by Crippen LogP contribution is 2.27. The van der Waals surface area contributed by atoms with Crippen LogP contribution in [0.5, 0.6) is 0 Å². The summed E-state index contributed by atoms with van der Waals surface area (Å²) < 4.78 is 19.6. The molecule has 0 unspecified atom stereocenters. The molecule has 6 nitrogen and oxygen atoms in total. The van der Waals surface area contributed by atoms with E-state index in [0.717, 1.165) is 0 Å². The van der Waals surface area contributed by atoms with Gasteiger partial charge in [0.15, 0.2) is 0 Å². The molecule has 0 fully saturated rings. The zero-order chi connectivity index (χ0) is 17.9. The third-order valence-corrected chi connectivity index (χ3v) is 3.34. The second-order valence-electron chi connectivity index (χ2n) is 5.78. The molecule has 128 valence electrons. The second kappa shape index (κ2) is 7.31. The molecular formula is C15H15BrClFN4O2. The average Bonchev–Trinajstić information content (AvgIpc) is 2.44. The summed E-state index contributed by atoms with van der Waals surface area (Å²) in [6.45, 7) is 5.16. The molecule has 1 amide bonds. The molecule has 0 saturated carbocycles. The van der Waals surface area contributed by atoms with E-state index < -0.39 is 17.5 Å². The van der Waals surface area contributed by atoms with Gasteiger partial charge < -0.3 is 10.1 Å². The van der Waals surface area contributed by atoms with Gasteiger partial charge in [-0.05, 0) is 66.5 Å². The molecule has 0 bridgehead atoms. The highest BCUT2D eigenvalue weighted by molar-refractivity contribution is 9.10. The van der Waals surface area contributed by atoms with Crippen molar-refractivity contribution >= 4 is 50.8 Å². The number of amides is 1. The number of ether oxygens (including phenoxy) is 1. The van der Waals surface area contributed by atoms with Crippen molar-refractivity contribution in [3.05, 3.63) is 40.0 Å². The Kier molecular flexibility index (Phi) is 5.61. The van der Waals surface area contributed by atoms with Crippen molar-refractivity contribution < 1.29 is 13.9 Å². The quantitative estimate of drug-likeness (QED) is 0.678. The molecular weight excluding hydrogens is 403 g/mol. The molecule has 9 heteroatoms. The maximum absolute atomic E-state index is 13.9. The van der Waals surface area contributed by atoms with Gasteiger partial charge in [-0.25, -0.2) is 14.2 Å². The van der Waals surface area contributed by atoms with E-state index in [1.54, 1.807) is 20.8 Å². The van der Waals surface area contributed by atoms with E-state index >= 15 is 0 Å². The number of rotatable bonds is 3. The summed E-state index contributed by atoms with van der Waals surface area (Å²) >= 11 is 9.04. The topological polar surface area (TPSA) is 76.1 Å². The minimum atomic E-state index is -0.746. The molecule has 2 N–H and O–H groups in total. The fourth-order valence-corrected chi connectivity index (χ4v) is 2.11. The summed E-state index contributed by atoms with van der Waals surface area (Å²) in [6, 6.07) is 4.13. The average molecular weight is 418 g/mol. The SMILES string of the molecule is CC(C)(C)OC(=O)Nc1cc(Nc2nc(Cl)ncc2Br)ccc1F. The molecule has 2 aromatic rings. The third kappa shape index (κ3) is 5.31. The first kappa shape index (κ1) is 18.4. The summed E-state index contributed by atoms with van der Waals surface area (Å²) in [4.78, 5) is 19.6. The first-order valence-electron chi connectivity index (χ1n) is 6.89. The molecule has 2 rings (SSSR count). The highest BCUT2D eigenvalue weighted by atomic mass is 79.9. The minimum absolute atomic E-state index is 0.0227. The Morgan fingerprint density at radius 1 is 1.38 bits per heavy atom. The van der Waals surface area contributed by atoms with Gasteiger partial charge in [-0.2, -0.15) is 4.98 Å². The third-order valence-electron chi connectivity index (χ3n) is 2.58. The lowest BCUT2D eigenvalue weighted by molar-refractivity contribution is 0.0635. The van der Waals surface area contributed by atoms with Crippen LogP contribution in [-0.4, -0.2) is 21.7 Å². The molecule has 0 aliphatic carbocycles. The molecule has 1 aromatic carbocycles. The summed E-state index contributed by atoms with van der Waals surface area (Å²) in [5.74, 6) is -0.184. The molecule has 1 heterocycles. The van der Waals surface area contributed by atoms with Crippen LogP contribution in [0.25, 0.3) is 0 Å². The first-order valence-corrected chi connectivity index (χ1v) is 8.06. The van der Waals surface area contributed by atoms with Gasteiger partial charge in [0.1, 0.15) is 17.2 Å². The molecule has 24 heavy (non-hydrogen) atoms. The fourth-order valence-electron chi connectivity index (χ4n) is 1.68. The Bertz CT molecular complexity index is 768. The van der Waals surface area contributed by atoms with E-state index in [1.165, 1.54) is 24.4 Å². The molecule has 0 spiro atoms. The molecule has 1 aromatic heterocycles. The van der Waals surface area contributed by atoms with E-state index in [-0.39, 0.29) is 11.0 Å². The number of hydrogen-bond acceptors (Lipinski definition) is 5. The predicted molar refractivity (Wildman–Crippen MR) is 94.3 cm³/mol. The van der Waals surface area contributed by atoms with Gasteiger partial charge >= 0.3 is 6.09 Å². The number of benzene rings is 1. The van der Waals surface area contributed by atoms with Crippen molar-refractivity contribution in [2.24, 2.45) is 0 Å². The van der Waals surface area contributed by atoms with Crippen LogP contribution in [0.2, 0.25) is 5.28 Å². The van der Waals surface area contributed by atoms with Crippen LogP contribution in [0.15, 0.2) is 28.9 Å². The normalized spacial score (nSPS) is 11.1. The Morgan fingerprint density at radius 3 is 2.75 bits per heavy atom. The van der Waals surface area contributed by atoms with Crippen molar-refractivity contribution in [2.45, 2.75) is 26.4 Å². The van der Waals surface area contributed by atoms with E-state index in [1.807, 2.05) is 0 Å². The molecule has 0 aliphatic rings. The Hall–Kier alpha value is -1.93. The van der Waals surface area contributed by atoms with Gasteiger partial charge in [0.25, 0.3) is 0 Å². The van der Waals surface area contributed by atoms with Crippen LogP contribution in [-0.2, 0) is 4.74 Å². The zero-order valence-corrected chi connectivity index (χ0v) is 15.5. The van der Waals surface area contributed by atoms with Gasteiger partial charge in [-0.1, -0.05) is 0 Å². The number of aromatic nitrogens is 2. The number of nitrogens with zero attached hydrogens (tertiary/aromatic N) is 2. The number of hydrogen-bond donors (Lipinski definition) is 2. The summed E-state index contributed by atoms with van der Waals surface area (Å²) in [5.41, 5.74) is -0.206. The van der Waals surface area contributed by atoms with E-state index in [4.69, 9.17) is 16.3 Å². The van der Waals surface area contributed by atoms with Crippen LogP contribution in [0.4, 0.5) is 26.4 Å². The highest BCUT2D eigenvalue weighted by Gasteiger charge is 2.17. The minimum Gasteiger partial charge on any atom is -0.444 e. The van der Waals surface area contributed by atoms with Gasteiger partial charge in [-0.15, -0.1) is 0 Å². The number of carbonyl (C=O) groups excluding carboxylic acids is 1. The maximum Gasteiger partial charge on any atom is 0.412 e. The van der Waals surface area contributed by atoms with E-state index in [0.29, 0.717) is 16.0 Å². The van der Waals surface area contributed by atoms with E-state index in [2.05, 4.69) is 36.5 Å².